The van der Waals surface area contributed by atoms with Crippen molar-refractivity contribution in [3.63, 3.8) is 0 Å². The first-order valence-corrected chi connectivity index (χ1v) is 10.5. The number of aromatic nitrogens is 2. The van der Waals surface area contributed by atoms with Gasteiger partial charge >= 0.3 is 0 Å². The van der Waals surface area contributed by atoms with Gasteiger partial charge in [0.1, 0.15) is 5.75 Å². The minimum absolute atomic E-state index is 0.000419. The van der Waals surface area contributed by atoms with Crippen molar-refractivity contribution in [2.45, 2.75) is 26.3 Å². The Kier molecular flexibility index (Phi) is 6.03. The molecule has 4 aromatic rings. The minimum atomic E-state index is -0.0613. The molecule has 0 fully saturated rings. The lowest BCUT2D eigenvalue weighted by Crippen LogP contribution is -2.36. The Balaban J connectivity index is 1.45. The first kappa shape index (κ1) is 21.3. The second kappa shape index (κ2) is 9.06. The number of rotatable bonds is 6. The zero-order chi connectivity index (χ0) is 22.7. The van der Waals surface area contributed by atoms with Gasteiger partial charge in [-0.1, -0.05) is 29.8 Å². The predicted octanol–water partition coefficient (Wildman–Crippen LogP) is 5.12. The maximum absolute atomic E-state index is 12.9. The third-order valence-corrected chi connectivity index (χ3v) is 5.52. The summed E-state index contributed by atoms with van der Waals surface area (Å²) in [4.78, 5) is 14.7. The summed E-state index contributed by atoms with van der Waals surface area (Å²) in [6, 6.07) is 22.1. The van der Waals surface area contributed by atoms with Crippen LogP contribution >= 0.6 is 0 Å². The number of carbonyl (C=O) groups excluding carboxylic acids is 1. The van der Waals surface area contributed by atoms with E-state index in [4.69, 9.17) is 4.42 Å². The van der Waals surface area contributed by atoms with E-state index in [1.165, 1.54) is 0 Å². The van der Waals surface area contributed by atoms with Crippen molar-refractivity contribution in [2.75, 3.05) is 7.05 Å². The van der Waals surface area contributed by atoms with Crippen LogP contribution in [0.3, 0.4) is 0 Å². The maximum atomic E-state index is 12.9. The molecule has 1 atom stereocenters. The third-order valence-electron chi connectivity index (χ3n) is 5.52. The predicted molar refractivity (Wildman–Crippen MR) is 123 cm³/mol. The van der Waals surface area contributed by atoms with Gasteiger partial charge in [0.15, 0.2) is 0 Å². The Labute approximate surface area is 187 Å². The highest BCUT2D eigenvalue weighted by atomic mass is 16.4. The zero-order valence-electron chi connectivity index (χ0n) is 18.3. The summed E-state index contributed by atoms with van der Waals surface area (Å²) >= 11 is 0. The maximum Gasteiger partial charge on any atom is 0.253 e. The molecule has 6 heteroatoms. The van der Waals surface area contributed by atoms with Gasteiger partial charge in [-0.2, -0.15) is 0 Å². The van der Waals surface area contributed by atoms with Crippen molar-refractivity contribution in [3.8, 4) is 28.7 Å². The van der Waals surface area contributed by atoms with E-state index in [1.54, 1.807) is 36.2 Å². The molecule has 1 heterocycles. The van der Waals surface area contributed by atoms with Gasteiger partial charge in [0.2, 0.25) is 11.8 Å². The van der Waals surface area contributed by atoms with Crippen LogP contribution in [0.25, 0.3) is 22.9 Å². The molecule has 0 saturated heterocycles. The molecular formula is C26H25N3O3. The molecule has 3 aromatic carbocycles. The zero-order valence-corrected chi connectivity index (χ0v) is 18.3. The van der Waals surface area contributed by atoms with Gasteiger partial charge in [-0.05, 0) is 74.4 Å². The molecule has 0 bridgehead atoms. The highest BCUT2D eigenvalue weighted by Crippen LogP contribution is 2.25. The van der Waals surface area contributed by atoms with E-state index in [1.807, 2.05) is 62.4 Å². The Morgan fingerprint density at radius 3 is 2.28 bits per heavy atom. The fourth-order valence-corrected chi connectivity index (χ4v) is 3.50. The molecule has 4 rings (SSSR count). The molecule has 0 spiro atoms. The third kappa shape index (κ3) is 4.70. The summed E-state index contributed by atoms with van der Waals surface area (Å²) in [6.07, 6.45) is 0.699. The highest BCUT2D eigenvalue weighted by molar-refractivity contribution is 5.94. The lowest BCUT2D eigenvalue weighted by atomic mass is 10.0. The van der Waals surface area contributed by atoms with Gasteiger partial charge in [-0.3, -0.25) is 4.79 Å². The van der Waals surface area contributed by atoms with Crippen LogP contribution in [0.1, 0.15) is 28.4 Å². The second-order valence-electron chi connectivity index (χ2n) is 7.99. The molecule has 6 nitrogen and oxygen atoms in total. The minimum Gasteiger partial charge on any atom is -0.508 e. The number of aromatic hydroxyl groups is 1. The SMILES string of the molecule is Cc1cccc(-c2nnc(-c3ccc(C(=O)N(C)[C@@H](C)Cc4ccc(O)cc4)cc3)o2)c1. The van der Waals surface area contributed by atoms with Crippen LogP contribution in [0.15, 0.2) is 77.2 Å². The standard InChI is InChI=1S/C26H25N3O3/c1-17-5-4-6-22(15-17)25-28-27-24(32-25)20-9-11-21(12-10-20)26(31)29(3)18(2)16-19-7-13-23(30)14-8-19/h4-15,18,30H,16H2,1-3H3/t18-/m0/s1. The quantitative estimate of drug-likeness (QED) is 0.462. The first-order valence-electron chi connectivity index (χ1n) is 10.5. The van der Waals surface area contributed by atoms with Crippen LogP contribution in [0.4, 0.5) is 0 Å². The van der Waals surface area contributed by atoms with Crippen LogP contribution in [-0.4, -0.2) is 39.2 Å². The van der Waals surface area contributed by atoms with Crippen LogP contribution in [0.2, 0.25) is 0 Å². The lowest BCUT2D eigenvalue weighted by molar-refractivity contribution is 0.0743. The number of aryl methyl sites for hydroxylation is 1. The van der Waals surface area contributed by atoms with Crippen molar-refractivity contribution in [1.82, 2.24) is 15.1 Å². The van der Waals surface area contributed by atoms with Crippen LogP contribution in [-0.2, 0) is 6.42 Å². The van der Waals surface area contributed by atoms with E-state index < -0.39 is 0 Å². The number of hydrogen-bond acceptors (Lipinski definition) is 5. The number of hydrogen-bond donors (Lipinski definition) is 1. The van der Waals surface area contributed by atoms with Crippen LogP contribution in [0, 0.1) is 6.92 Å². The summed E-state index contributed by atoms with van der Waals surface area (Å²) in [6.45, 7) is 4.02. The second-order valence-corrected chi connectivity index (χ2v) is 7.99. The van der Waals surface area contributed by atoms with Crippen molar-refractivity contribution in [3.05, 3.63) is 89.5 Å². The van der Waals surface area contributed by atoms with Crippen molar-refractivity contribution in [1.29, 1.82) is 0 Å². The van der Waals surface area contributed by atoms with Crippen LogP contribution in [0.5, 0.6) is 5.75 Å². The number of amides is 1. The van der Waals surface area contributed by atoms with Crippen molar-refractivity contribution < 1.29 is 14.3 Å². The van der Waals surface area contributed by atoms with Gasteiger partial charge in [-0.25, -0.2) is 0 Å². The molecule has 0 aliphatic carbocycles. The number of carbonyl (C=O) groups is 1. The van der Waals surface area contributed by atoms with E-state index in [0.717, 1.165) is 22.3 Å². The summed E-state index contributed by atoms with van der Waals surface area (Å²) < 4.78 is 5.84. The molecule has 162 valence electrons. The van der Waals surface area contributed by atoms with E-state index in [0.29, 0.717) is 23.8 Å². The number of phenolic OH excluding ortho intramolecular Hbond substituents is 1. The van der Waals surface area contributed by atoms with Crippen molar-refractivity contribution >= 4 is 5.91 Å². The normalized spacial score (nSPS) is 11.8. The molecule has 0 aliphatic rings. The van der Waals surface area contributed by atoms with Gasteiger partial charge in [0.05, 0.1) is 0 Å². The highest BCUT2D eigenvalue weighted by Gasteiger charge is 2.19. The monoisotopic (exact) mass is 427 g/mol. The summed E-state index contributed by atoms with van der Waals surface area (Å²) in [5.41, 5.74) is 4.40. The Morgan fingerprint density at radius 1 is 0.969 bits per heavy atom. The Bertz CT molecular complexity index is 1210. The molecule has 0 saturated carbocycles. The number of phenols is 1. The summed E-state index contributed by atoms with van der Waals surface area (Å²) in [5.74, 6) is 1.05. The number of nitrogens with zero attached hydrogens (tertiary/aromatic N) is 3. The summed E-state index contributed by atoms with van der Waals surface area (Å²) in [7, 11) is 1.80. The number of benzene rings is 3. The molecule has 0 aliphatic heterocycles. The molecule has 0 radical (unpaired) electrons. The molecule has 32 heavy (non-hydrogen) atoms. The summed E-state index contributed by atoms with van der Waals surface area (Å²) in [5, 5.41) is 17.7. The average molecular weight is 428 g/mol. The van der Waals surface area contributed by atoms with Gasteiger partial charge < -0.3 is 14.4 Å². The van der Waals surface area contributed by atoms with E-state index >= 15 is 0 Å². The van der Waals surface area contributed by atoms with Crippen LogP contribution < -0.4 is 0 Å². The fraction of sp³-hybridized carbons (Fsp3) is 0.192. The Hall–Kier alpha value is -3.93. The molecule has 1 aromatic heterocycles. The molecule has 1 amide bonds. The van der Waals surface area contributed by atoms with Crippen molar-refractivity contribution in [2.24, 2.45) is 0 Å². The van der Waals surface area contributed by atoms with Gasteiger partial charge in [0.25, 0.3) is 5.91 Å². The topological polar surface area (TPSA) is 79.5 Å². The molecule has 0 unspecified atom stereocenters. The van der Waals surface area contributed by atoms with E-state index in [9.17, 15) is 9.90 Å². The molecule has 1 N–H and O–H groups in total. The fourth-order valence-electron chi connectivity index (χ4n) is 3.50. The first-order chi connectivity index (χ1) is 15.4. The number of likely N-dealkylation sites (N-methyl/N-ethyl adjacent to an activating group) is 1. The van der Waals surface area contributed by atoms with E-state index in [-0.39, 0.29) is 17.7 Å². The Morgan fingerprint density at radius 2 is 1.62 bits per heavy atom. The smallest absolute Gasteiger partial charge is 0.253 e. The van der Waals surface area contributed by atoms with Gasteiger partial charge in [0, 0.05) is 29.8 Å². The lowest BCUT2D eigenvalue weighted by Gasteiger charge is -2.25. The van der Waals surface area contributed by atoms with Gasteiger partial charge in [-0.15, -0.1) is 10.2 Å². The molecular weight excluding hydrogens is 402 g/mol. The average Bonchev–Trinajstić information content (AvgIpc) is 3.30. The largest absolute Gasteiger partial charge is 0.508 e. The van der Waals surface area contributed by atoms with E-state index in [2.05, 4.69) is 10.2 Å².